The first kappa shape index (κ1) is 21.2. The first-order valence-corrected chi connectivity index (χ1v) is 11.8. The van der Waals surface area contributed by atoms with Crippen molar-refractivity contribution in [2.45, 2.75) is 31.7 Å². The molecule has 2 aromatic carbocycles. The monoisotopic (exact) mass is 452 g/mol. The fourth-order valence-corrected chi connectivity index (χ4v) is 4.66. The minimum atomic E-state index is 0.789. The minimum Gasteiger partial charge on any atom is -0.270 e. The molecule has 6 nitrogen and oxygen atoms in total. The molecular formula is C26H24N6S. The predicted molar refractivity (Wildman–Crippen MR) is 132 cm³/mol. The largest absolute Gasteiger partial charge is 0.270 e. The molecule has 0 atom stereocenters. The Morgan fingerprint density at radius 3 is 2.15 bits per heavy atom. The highest BCUT2D eigenvalue weighted by Crippen LogP contribution is 2.30. The lowest BCUT2D eigenvalue weighted by Crippen LogP contribution is -2.00. The van der Waals surface area contributed by atoms with Gasteiger partial charge >= 0.3 is 0 Å². The number of hydrogen-bond donors (Lipinski definition) is 0. The van der Waals surface area contributed by atoms with Gasteiger partial charge in [0.05, 0.1) is 11.4 Å². The average Bonchev–Trinajstić information content (AvgIpc) is 3.41. The Labute approximate surface area is 197 Å². The third kappa shape index (κ3) is 4.45. The first-order chi connectivity index (χ1) is 16.1. The van der Waals surface area contributed by atoms with Crippen LogP contribution in [0.1, 0.15) is 22.5 Å². The molecule has 0 aliphatic carbocycles. The van der Waals surface area contributed by atoms with E-state index in [1.807, 2.05) is 23.7 Å². The maximum Gasteiger partial charge on any atom is 0.196 e. The molecule has 3 heterocycles. The molecule has 0 saturated heterocycles. The number of thioether (sulfide) groups is 1. The van der Waals surface area contributed by atoms with Crippen LogP contribution in [0.2, 0.25) is 0 Å². The van der Waals surface area contributed by atoms with Crippen LogP contribution >= 0.6 is 11.8 Å². The highest BCUT2D eigenvalue weighted by molar-refractivity contribution is 7.98. The second kappa shape index (κ2) is 9.03. The normalized spacial score (nSPS) is 11.1. The summed E-state index contributed by atoms with van der Waals surface area (Å²) < 4.78 is 4.09. The van der Waals surface area contributed by atoms with E-state index in [0.717, 1.165) is 45.1 Å². The van der Waals surface area contributed by atoms with Gasteiger partial charge < -0.3 is 0 Å². The summed E-state index contributed by atoms with van der Waals surface area (Å²) in [6.45, 7) is 6.17. The number of nitrogens with zero attached hydrogens (tertiary/aromatic N) is 6. The van der Waals surface area contributed by atoms with E-state index >= 15 is 0 Å². The summed E-state index contributed by atoms with van der Waals surface area (Å²) in [5.74, 6) is 1.60. The number of hydrogen-bond acceptors (Lipinski definition) is 5. The summed E-state index contributed by atoms with van der Waals surface area (Å²) in [4.78, 5) is 4.13. The van der Waals surface area contributed by atoms with E-state index in [2.05, 4.69) is 93.3 Å². The first-order valence-electron chi connectivity index (χ1n) is 10.8. The Bertz CT molecular complexity index is 1370. The third-order valence-corrected chi connectivity index (χ3v) is 6.42. The van der Waals surface area contributed by atoms with Crippen LogP contribution in [-0.2, 0) is 5.75 Å². The van der Waals surface area contributed by atoms with Crippen molar-refractivity contribution in [3.8, 4) is 22.8 Å². The molecule has 0 bridgehead atoms. The molecule has 0 spiro atoms. The van der Waals surface area contributed by atoms with E-state index in [9.17, 15) is 0 Å². The van der Waals surface area contributed by atoms with Crippen LogP contribution in [0.25, 0.3) is 22.8 Å². The van der Waals surface area contributed by atoms with Crippen molar-refractivity contribution in [2.75, 3.05) is 0 Å². The fourth-order valence-electron chi connectivity index (χ4n) is 3.75. The Morgan fingerprint density at radius 2 is 1.48 bits per heavy atom. The molecule has 33 heavy (non-hydrogen) atoms. The van der Waals surface area contributed by atoms with Crippen molar-refractivity contribution < 1.29 is 0 Å². The van der Waals surface area contributed by atoms with Crippen LogP contribution in [0.3, 0.4) is 0 Å². The van der Waals surface area contributed by atoms with E-state index in [0.29, 0.717) is 0 Å². The second-order valence-corrected chi connectivity index (χ2v) is 8.95. The van der Waals surface area contributed by atoms with Crippen LogP contribution in [0.5, 0.6) is 0 Å². The van der Waals surface area contributed by atoms with E-state index in [1.165, 1.54) is 11.1 Å². The highest BCUT2D eigenvalue weighted by atomic mass is 32.2. The zero-order chi connectivity index (χ0) is 22.8. The standard InChI is InChI=1S/C26H24N6S/c1-18-4-8-23(9-5-18)31-25(22-12-14-27-15-13-22)28-29-26(31)33-17-21-6-10-24(11-7-21)32-20(3)16-19(2)30-32/h4-16H,17H2,1-3H3. The van der Waals surface area contributed by atoms with Crippen molar-refractivity contribution in [2.24, 2.45) is 0 Å². The molecule has 5 aromatic rings. The number of pyridine rings is 1. The van der Waals surface area contributed by atoms with Crippen LogP contribution < -0.4 is 0 Å². The quantitative estimate of drug-likeness (QED) is 0.308. The van der Waals surface area contributed by atoms with Crippen molar-refractivity contribution in [3.05, 3.63) is 102 Å². The molecule has 0 aliphatic rings. The second-order valence-electron chi connectivity index (χ2n) is 8.01. The van der Waals surface area contributed by atoms with E-state index in [1.54, 1.807) is 24.2 Å². The Hall–Kier alpha value is -3.71. The number of aryl methyl sites for hydroxylation is 3. The van der Waals surface area contributed by atoms with Gasteiger partial charge in [-0.05, 0) is 68.8 Å². The zero-order valence-corrected chi connectivity index (χ0v) is 19.6. The smallest absolute Gasteiger partial charge is 0.196 e. The highest BCUT2D eigenvalue weighted by Gasteiger charge is 2.16. The van der Waals surface area contributed by atoms with E-state index in [-0.39, 0.29) is 0 Å². The third-order valence-electron chi connectivity index (χ3n) is 5.42. The number of aromatic nitrogens is 6. The molecule has 0 unspecified atom stereocenters. The van der Waals surface area contributed by atoms with Gasteiger partial charge in [-0.3, -0.25) is 9.55 Å². The number of benzene rings is 2. The molecule has 0 saturated carbocycles. The lowest BCUT2D eigenvalue weighted by atomic mass is 10.2. The molecule has 5 rings (SSSR count). The van der Waals surface area contributed by atoms with Crippen molar-refractivity contribution >= 4 is 11.8 Å². The topological polar surface area (TPSA) is 61.4 Å². The fraction of sp³-hybridized carbons (Fsp3) is 0.154. The van der Waals surface area contributed by atoms with E-state index < -0.39 is 0 Å². The van der Waals surface area contributed by atoms with Gasteiger partial charge in [0, 0.05) is 35.1 Å². The summed E-state index contributed by atoms with van der Waals surface area (Å²) in [5, 5.41) is 14.5. The van der Waals surface area contributed by atoms with Gasteiger partial charge in [-0.15, -0.1) is 10.2 Å². The van der Waals surface area contributed by atoms with Gasteiger partial charge in [-0.1, -0.05) is 41.6 Å². The lowest BCUT2D eigenvalue weighted by molar-refractivity contribution is 0.833. The molecule has 7 heteroatoms. The molecule has 3 aromatic heterocycles. The molecule has 0 radical (unpaired) electrons. The van der Waals surface area contributed by atoms with Crippen LogP contribution in [0, 0.1) is 20.8 Å². The molecule has 0 N–H and O–H groups in total. The minimum absolute atomic E-state index is 0.789. The van der Waals surface area contributed by atoms with Crippen molar-refractivity contribution in [1.29, 1.82) is 0 Å². The summed E-state index contributed by atoms with van der Waals surface area (Å²) in [7, 11) is 0. The SMILES string of the molecule is Cc1ccc(-n2c(SCc3ccc(-n4nc(C)cc4C)cc3)nnc2-c2ccncc2)cc1. The molecular weight excluding hydrogens is 428 g/mol. The summed E-state index contributed by atoms with van der Waals surface area (Å²) >= 11 is 1.67. The summed E-state index contributed by atoms with van der Waals surface area (Å²) in [5.41, 5.74) is 7.68. The molecule has 0 aliphatic heterocycles. The lowest BCUT2D eigenvalue weighted by Gasteiger charge is -2.11. The zero-order valence-electron chi connectivity index (χ0n) is 18.8. The molecule has 164 valence electrons. The maximum absolute atomic E-state index is 4.57. The number of rotatable bonds is 6. The van der Waals surface area contributed by atoms with Gasteiger partial charge in [0.15, 0.2) is 11.0 Å². The Morgan fingerprint density at radius 1 is 0.788 bits per heavy atom. The van der Waals surface area contributed by atoms with Crippen molar-refractivity contribution in [3.63, 3.8) is 0 Å². The van der Waals surface area contributed by atoms with Gasteiger partial charge in [-0.25, -0.2) is 4.68 Å². The van der Waals surface area contributed by atoms with Gasteiger partial charge in [-0.2, -0.15) is 5.10 Å². The van der Waals surface area contributed by atoms with Crippen molar-refractivity contribution in [1.82, 2.24) is 29.5 Å². The molecule has 0 fully saturated rings. The molecule has 0 amide bonds. The predicted octanol–water partition coefficient (Wildman–Crippen LogP) is 5.73. The van der Waals surface area contributed by atoms with Gasteiger partial charge in [0.1, 0.15) is 0 Å². The summed E-state index contributed by atoms with van der Waals surface area (Å²) in [6, 6.07) is 23.0. The van der Waals surface area contributed by atoms with E-state index in [4.69, 9.17) is 0 Å². The van der Waals surface area contributed by atoms with Crippen LogP contribution in [0.4, 0.5) is 0 Å². The summed E-state index contributed by atoms with van der Waals surface area (Å²) in [6.07, 6.45) is 3.56. The van der Waals surface area contributed by atoms with Gasteiger partial charge in [0.2, 0.25) is 0 Å². The Balaban J connectivity index is 1.42. The van der Waals surface area contributed by atoms with Crippen LogP contribution in [0.15, 0.2) is 84.3 Å². The Kier molecular flexibility index (Phi) is 5.79. The van der Waals surface area contributed by atoms with Gasteiger partial charge in [0.25, 0.3) is 0 Å². The average molecular weight is 453 g/mol. The van der Waals surface area contributed by atoms with Crippen LogP contribution in [-0.4, -0.2) is 29.5 Å². The maximum atomic E-state index is 4.57.